The molecule has 3 heterocycles. The molecule has 2 aromatic heterocycles. The molecule has 0 aromatic carbocycles. The number of methoxy groups -OCH3 is 1. The number of nitrogens with one attached hydrogen (secondary N) is 1. The van der Waals surface area contributed by atoms with Gasteiger partial charge in [-0.1, -0.05) is 0 Å². The maximum atomic E-state index is 12.1. The molecule has 8 heteroatoms. The van der Waals surface area contributed by atoms with E-state index in [1.807, 2.05) is 16.3 Å². The lowest BCUT2D eigenvalue weighted by Gasteiger charge is -2.29. The quantitative estimate of drug-likeness (QED) is 0.833. The van der Waals surface area contributed by atoms with Crippen molar-refractivity contribution < 1.29 is 18.7 Å². The van der Waals surface area contributed by atoms with Gasteiger partial charge in [-0.05, 0) is 38.1 Å². The van der Waals surface area contributed by atoms with E-state index in [0.717, 1.165) is 12.8 Å². The second kappa shape index (κ2) is 7.59. The van der Waals surface area contributed by atoms with E-state index in [-0.39, 0.29) is 17.8 Å². The van der Waals surface area contributed by atoms with Crippen molar-refractivity contribution in [3.63, 3.8) is 0 Å². The number of esters is 1. The zero-order valence-electron chi connectivity index (χ0n) is 13.4. The standard InChI is InChI=1S/C16H19N3O4S/c1-22-15(21)11-4-6-19(7-5-11)9-14(20)18-16-17-12(10-24-16)13-3-2-8-23-13/h2-3,8,10-11H,4-7,9H2,1H3,(H,17,18,20). The fourth-order valence-electron chi connectivity index (χ4n) is 2.72. The van der Waals surface area contributed by atoms with Gasteiger partial charge in [-0.3, -0.25) is 14.5 Å². The molecule has 0 spiro atoms. The van der Waals surface area contributed by atoms with E-state index >= 15 is 0 Å². The van der Waals surface area contributed by atoms with Crippen LogP contribution in [0, 0.1) is 5.92 Å². The maximum Gasteiger partial charge on any atom is 0.308 e. The van der Waals surface area contributed by atoms with Crippen molar-refractivity contribution in [2.45, 2.75) is 12.8 Å². The van der Waals surface area contributed by atoms with Crippen molar-refractivity contribution >= 4 is 28.3 Å². The molecule has 3 rings (SSSR count). The minimum atomic E-state index is -0.160. The molecule has 0 unspecified atom stereocenters. The Balaban J connectivity index is 1.47. The number of piperidine rings is 1. The molecule has 0 aliphatic carbocycles. The third-order valence-corrected chi connectivity index (χ3v) is 4.77. The number of nitrogens with zero attached hydrogens (tertiary/aromatic N) is 2. The van der Waals surface area contributed by atoms with Crippen LogP contribution in [0.5, 0.6) is 0 Å². The largest absolute Gasteiger partial charge is 0.469 e. The van der Waals surface area contributed by atoms with Crippen molar-refractivity contribution in [2.24, 2.45) is 5.92 Å². The molecule has 0 bridgehead atoms. The first-order valence-electron chi connectivity index (χ1n) is 7.75. The highest BCUT2D eigenvalue weighted by atomic mass is 32.1. The van der Waals surface area contributed by atoms with Crippen LogP contribution in [0.3, 0.4) is 0 Å². The third kappa shape index (κ3) is 4.01. The van der Waals surface area contributed by atoms with Gasteiger partial charge in [-0.2, -0.15) is 0 Å². The minimum Gasteiger partial charge on any atom is -0.469 e. The Morgan fingerprint density at radius 2 is 2.25 bits per heavy atom. The van der Waals surface area contributed by atoms with Gasteiger partial charge in [0.2, 0.25) is 5.91 Å². The van der Waals surface area contributed by atoms with E-state index in [1.54, 1.807) is 12.3 Å². The lowest BCUT2D eigenvalue weighted by atomic mass is 9.97. The number of amides is 1. The van der Waals surface area contributed by atoms with Crippen LogP contribution in [0.2, 0.25) is 0 Å². The predicted molar refractivity (Wildman–Crippen MR) is 89.6 cm³/mol. The summed E-state index contributed by atoms with van der Waals surface area (Å²) in [6.45, 7) is 1.72. The summed E-state index contributed by atoms with van der Waals surface area (Å²) in [5, 5.41) is 5.21. The smallest absolute Gasteiger partial charge is 0.308 e. The van der Waals surface area contributed by atoms with Gasteiger partial charge in [-0.15, -0.1) is 11.3 Å². The van der Waals surface area contributed by atoms with E-state index < -0.39 is 0 Å². The monoisotopic (exact) mass is 349 g/mol. The van der Waals surface area contributed by atoms with Crippen LogP contribution in [-0.2, 0) is 14.3 Å². The number of likely N-dealkylation sites (tertiary alicyclic amines) is 1. The molecular weight excluding hydrogens is 330 g/mol. The SMILES string of the molecule is COC(=O)C1CCN(CC(=O)Nc2nc(-c3ccco3)cs2)CC1. The molecule has 0 radical (unpaired) electrons. The fraction of sp³-hybridized carbons (Fsp3) is 0.438. The zero-order valence-corrected chi connectivity index (χ0v) is 14.2. The van der Waals surface area contributed by atoms with Gasteiger partial charge < -0.3 is 14.5 Å². The first-order chi connectivity index (χ1) is 11.7. The number of furan rings is 1. The average Bonchev–Trinajstić information content (AvgIpc) is 3.26. The molecule has 2 aromatic rings. The summed E-state index contributed by atoms with van der Waals surface area (Å²) >= 11 is 1.36. The lowest BCUT2D eigenvalue weighted by Crippen LogP contribution is -2.41. The summed E-state index contributed by atoms with van der Waals surface area (Å²) < 4.78 is 10.1. The number of carbonyl (C=O) groups is 2. The Kier molecular flexibility index (Phi) is 5.27. The van der Waals surface area contributed by atoms with E-state index in [0.29, 0.717) is 36.2 Å². The summed E-state index contributed by atoms with van der Waals surface area (Å²) in [6.07, 6.45) is 3.03. The lowest BCUT2D eigenvalue weighted by molar-refractivity contribution is -0.147. The number of carbonyl (C=O) groups excluding carboxylic acids is 2. The number of hydrogen-bond acceptors (Lipinski definition) is 7. The number of rotatable bonds is 5. The van der Waals surface area contributed by atoms with Crippen molar-refractivity contribution in [1.82, 2.24) is 9.88 Å². The van der Waals surface area contributed by atoms with Crippen LogP contribution in [-0.4, -0.2) is 48.5 Å². The first kappa shape index (κ1) is 16.7. The number of anilines is 1. The maximum absolute atomic E-state index is 12.1. The minimum absolute atomic E-state index is 0.0517. The van der Waals surface area contributed by atoms with Gasteiger partial charge in [0.1, 0.15) is 5.69 Å². The van der Waals surface area contributed by atoms with Crippen LogP contribution in [0.15, 0.2) is 28.2 Å². The molecule has 0 saturated carbocycles. The Labute approximate surface area is 143 Å². The number of thiazole rings is 1. The highest BCUT2D eigenvalue weighted by Gasteiger charge is 2.26. The highest BCUT2D eigenvalue weighted by molar-refractivity contribution is 7.14. The average molecular weight is 349 g/mol. The molecule has 7 nitrogen and oxygen atoms in total. The number of aromatic nitrogens is 1. The van der Waals surface area contributed by atoms with Gasteiger partial charge in [0.25, 0.3) is 0 Å². The van der Waals surface area contributed by atoms with Crippen LogP contribution >= 0.6 is 11.3 Å². The second-order valence-corrected chi connectivity index (χ2v) is 6.50. The van der Waals surface area contributed by atoms with Crippen molar-refractivity contribution in [1.29, 1.82) is 0 Å². The van der Waals surface area contributed by atoms with E-state index in [1.165, 1.54) is 18.4 Å². The Morgan fingerprint density at radius 3 is 2.92 bits per heavy atom. The molecule has 128 valence electrons. The van der Waals surface area contributed by atoms with Crippen molar-refractivity contribution in [2.75, 3.05) is 32.1 Å². The molecule has 1 N–H and O–H groups in total. The van der Waals surface area contributed by atoms with Crippen LogP contribution in [0.4, 0.5) is 5.13 Å². The van der Waals surface area contributed by atoms with Crippen LogP contribution in [0.1, 0.15) is 12.8 Å². The first-order valence-corrected chi connectivity index (χ1v) is 8.63. The van der Waals surface area contributed by atoms with E-state index in [2.05, 4.69) is 10.3 Å². The molecule has 1 amide bonds. The highest BCUT2D eigenvalue weighted by Crippen LogP contribution is 2.25. The Morgan fingerprint density at radius 1 is 1.46 bits per heavy atom. The van der Waals surface area contributed by atoms with Gasteiger partial charge in [0, 0.05) is 5.38 Å². The summed E-state index contributed by atoms with van der Waals surface area (Å²) in [4.78, 5) is 30.0. The van der Waals surface area contributed by atoms with Gasteiger partial charge >= 0.3 is 5.97 Å². The molecule has 1 fully saturated rings. The zero-order chi connectivity index (χ0) is 16.9. The van der Waals surface area contributed by atoms with Gasteiger partial charge in [0.05, 0.1) is 25.8 Å². The third-order valence-electron chi connectivity index (χ3n) is 4.01. The number of ether oxygens (including phenoxy) is 1. The molecule has 24 heavy (non-hydrogen) atoms. The van der Waals surface area contributed by atoms with Crippen molar-refractivity contribution in [3.05, 3.63) is 23.8 Å². The second-order valence-electron chi connectivity index (χ2n) is 5.64. The topological polar surface area (TPSA) is 84.7 Å². The molecular formula is C16H19N3O4S. The van der Waals surface area contributed by atoms with Crippen molar-refractivity contribution in [3.8, 4) is 11.5 Å². The molecule has 1 saturated heterocycles. The van der Waals surface area contributed by atoms with E-state index in [4.69, 9.17) is 9.15 Å². The summed E-state index contributed by atoms with van der Waals surface area (Å²) in [5.74, 6) is 0.361. The predicted octanol–water partition coefficient (Wildman–Crippen LogP) is 2.23. The Hall–Kier alpha value is -2.19. The van der Waals surface area contributed by atoms with Gasteiger partial charge in [-0.25, -0.2) is 4.98 Å². The Bertz CT molecular complexity index is 690. The van der Waals surface area contributed by atoms with Crippen LogP contribution in [0.25, 0.3) is 11.5 Å². The molecule has 1 aliphatic heterocycles. The summed E-state index contributed by atoms with van der Waals surface area (Å²) in [7, 11) is 1.41. The number of hydrogen-bond donors (Lipinski definition) is 1. The van der Waals surface area contributed by atoms with Gasteiger partial charge in [0.15, 0.2) is 10.9 Å². The summed E-state index contributed by atoms with van der Waals surface area (Å²) in [5.41, 5.74) is 0.708. The summed E-state index contributed by atoms with van der Waals surface area (Å²) in [6, 6.07) is 3.62. The molecule has 1 aliphatic rings. The molecule has 0 atom stereocenters. The van der Waals surface area contributed by atoms with Crippen LogP contribution < -0.4 is 5.32 Å². The normalized spacial score (nSPS) is 16.0. The fourth-order valence-corrected chi connectivity index (χ4v) is 3.44. The van der Waals surface area contributed by atoms with E-state index in [9.17, 15) is 9.59 Å².